The van der Waals surface area contributed by atoms with Gasteiger partial charge in [-0.2, -0.15) is 0 Å². The van der Waals surface area contributed by atoms with Gasteiger partial charge in [0, 0.05) is 17.6 Å². The fourth-order valence-electron chi connectivity index (χ4n) is 1.98. The van der Waals surface area contributed by atoms with Crippen molar-refractivity contribution in [2.24, 2.45) is 0 Å². The number of hydrogen-bond acceptors (Lipinski definition) is 2. The van der Waals surface area contributed by atoms with Crippen LogP contribution in [-0.2, 0) is 6.54 Å². The molecule has 1 saturated carbocycles. The van der Waals surface area contributed by atoms with E-state index in [-0.39, 0.29) is 0 Å². The van der Waals surface area contributed by atoms with Gasteiger partial charge in [0.2, 0.25) is 0 Å². The molecule has 0 aliphatic heterocycles. The van der Waals surface area contributed by atoms with E-state index in [9.17, 15) is 8.78 Å². The molecule has 1 aliphatic rings. The summed E-state index contributed by atoms with van der Waals surface area (Å²) in [5, 5.41) is 3.75. The second kappa shape index (κ2) is 6.00. The molecule has 0 spiro atoms. The molecule has 0 heterocycles. The molecular weight excluding hydrogens is 296 g/mol. The van der Waals surface area contributed by atoms with Gasteiger partial charge in [0.25, 0.3) is 0 Å². The van der Waals surface area contributed by atoms with Crippen LogP contribution in [-0.4, -0.2) is 6.04 Å². The Bertz CT molecular complexity index is 618. The van der Waals surface area contributed by atoms with Crippen molar-refractivity contribution in [3.8, 4) is 11.5 Å². The van der Waals surface area contributed by atoms with Gasteiger partial charge in [0.15, 0.2) is 17.4 Å². The highest BCUT2D eigenvalue weighted by atomic mass is 35.5. The van der Waals surface area contributed by atoms with Crippen molar-refractivity contribution in [1.29, 1.82) is 0 Å². The summed E-state index contributed by atoms with van der Waals surface area (Å²) < 4.78 is 33.3. The van der Waals surface area contributed by atoms with E-state index in [0.29, 0.717) is 28.9 Å². The Kier molecular flexibility index (Phi) is 4.08. The van der Waals surface area contributed by atoms with Crippen molar-refractivity contribution in [3.63, 3.8) is 0 Å². The van der Waals surface area contributed by atoms with Crippen molar-refractivity contribution >= 4 is 11.6 Å². The molecule has 2 nitrogen and oxygen atoms in total. The van der Waals surface area contributed by atoms with E-state index in [1.54, 1.807) is 24.3 Å². The second-order valence-electron chi connectivity index (χ2n) is 5.10. The first-order chi connectivity index (χ1) is 10.1. The molecule has 1 fully saturated rings. The number of halogens is 3. The molecule has 0 amide bonds. The van der Waals surface area contributed by atoms with E-state index < -0.39 is 17.4 Å². The minimum absolute atomic E-state index is 0.334. The summed E-state index contributed by atoms with van der Waals surface area (Å²) >= 11 is 5.75. The third kappa shape index (κ3) is 3.71. The van der Waals surface area contributed by atoms with Crippen LogP contribution in [0.3, 0.4) is 0 Å². The average molecular weight is 310 g/mol. The summed E-state index contributed by atoms with van der Waals surface area (Å²) in [4.78, 5) is 0. The predicted molar refractivity (Wildman–Crippen MR) is 77.7 cm³/mol. The molecule has 0 radical (unpaired) electrons. The summed E-state index contributed by atoms with van der Waals surface area (Å²) in [6.45, 7) is 0.458. The van der Waals surface area contributed by atoms with Crippen LogP contribution in [0.2, 0.25) is 5.02 Å². The lowest BCUT2D eigenvalue weighted by Gasteiger charge is -2.10. The molecule has 0 bridgehead atoms. The van der Waals surface area contributed by atoms with Gasteiger partial charge in [0.1, 0.15) is 5.75 Å². The Hall–Kier alpha value is -1.65. The van der Waals surface area contributed by atoms with E-state index >= 15 is 0 Å². The minimum atomic E-state index is -0.711. The van der Waals surface area contributed by atoms with Gasteiger partial charge < -0.3 is 10.1 Å². The van der Waals surface area contributed by atoms with Gasteiger partial charge in [0.05, 0.1) is 0 Å². The Balaban J connectivity index is 1.76. The zero-order valence-corrected chi connectivity index (χ0v) is 12.0. The van der Waals surface area contributed by atoms with Crippen LogP contribution in [0.4, 0.5) is 8.78 Å². The Labute approximate surface area is 126 Å². The number of hydrogen-bond donors (Lipinski definition) is 1. The molecule has 0 unspecified atom stereocenters. The summed E-state index contributed by atoms with van der Waals surface area (Å²) in [5.41, 5.74) is 0.570. The summed E-state index contributed by atoms with van der Waals surface area (Å²) in [6, 6.07) is 9.39. The molecule has 2 aromatic rings. The maximum atomic E-state index is 14.0. The molecule has 1 N–H and O–H groups in total. The smallest absolute Gasteiger partial charge is 0.198 e. The first-order valence-corrected chi connectivity index (χ1v) is 7.14. The normalized spacial score (nSPS) is 14.2. The lowest BCUT2D eigenvalue weighted by atomic mass is 10.2. The van der Waals surface area contributed by atoms with Crippen LogP contribution >= 0.6 is 11.6 Å². The quantitative estimate of drug-likeness (QED) is 0.867. The average Bonchev–Trinajstić information content (AvgIpc) is 3.27. The molecule has 21 heavy (non-hydrogen) atoms. The first kappa shape index (κ1) is 14.3. The summed E-state index contributed by atoms with van der Waals surface area (Å²) in [6.07, 6.45) is 2.26. The Morgan fingerprint density at radius 1 is 1.10 bits per heavy atom. The van der Waals surface area contributed by atoms with Gasteiger partial charge in [-0.1, -0.05) is 11.6 Å². The Morgan fingerprint density at radius 2 is 1.71 bits per heavy atom. The van der Waals surface area contributed by atoms with Crippen LogP contribution in [0, 0.1) is 11.6 Å². The molecular formula is C16H14ClF2NO. The predicted octanol–water partition coefficient (Wildman–Crippen LogP) is 4.66. The zero-order valence-electron chi connectivity index (χ0n) is 11.2. The third-order valence-corrected chi connectivity index (χ3v) is 3.52. The van der Waals surface area contributed by atoms with E-state index in [4.69, 9.17) is 16.3 Å². The van der Waals surface area contributed by atoms with Crippen molar-refractivity contribution in [2.75, 3.05) is 0 Å². The third-order valence-electron chi connectivity index (χ3n) is 3.26. The Morgan fingerprint density at radius 3 is 2.29 bits per heavy atom. The lowest BCUT2D eigenvalue weighted by Crippen LogP contribution is -2.15. The monoisotopic (exact) mass is 309 g/mol. The standard InChI is InChI=1S/C16H14ClF2NO/c17-11-1-5-13(6-2-11)21-16-14(18)7-10(8-15(16)19)9-20-12-3-4-12/h1-2,5-8,12,20H,3-4,9H2. The molecule has 5 heteroatoms. The largest absolute Gasteiger partial charge is 0.451 e. The molecule has 0 aromatic heterocycles. The van der Waals surface area contributed by atoms with E-state index in [1.165, 1.54) is 12.1 Å². The van der Waals surface area contributed by atoms with Crippen molar-refractivity contribution < 1.29 is 13.5 Å². The van der Waals surface area contributed by atoms with Gasteiger partial charge in [-0.25, -0.2) is 8.78 Å². The van der Waals surface area contributed by atoms with E-state index in [2.05, 4.69) is 5.32 Å². The molecule has 110 valence electrons. The number of benzene rings is 2. The maximum absolute atomic E-state index is 14.0. The van der Waals surface area contributed by atoms with Crippen LogP contribution in [0.15, 0.2) is 36.4 Å². The van der Waals surface area contributed by atoms with Gasteiger partial charge in [-0.15, -0.1) is 0 Å². The highest BCUT2D eigenvalue weighted by molar-refractivity contribution is 6.30. The fraction of sp³-hybridized carbons (Fsp3) is 0.250. The molecule has 3 rings (SSSR count). The van der Waals surface area contributed by atoms with Gasteiger partial charge >= 0.3 is 0 Å². The van der Waals surface area contributed by atoms with Gasteiger partial charge in [-0.3, -0.25) is 0 Å². The summed E-state index contributed by atoms with van der Waals surface area (Å²) in [7, 11) is 0. The van der Waals surface area contributed by atoms with Crippen molar-refractivity contribution in [1.82, 2.24) is 5.32 Å². The minimum Gasteiger partial charge on any atom is -0.451 e. The fourth-order valence-corrected chi connectivity index (χ4v) is 2.11. The highest BCUT2D eigenvalue weighted by Gasteiger charge is 2.21. The number of nitrogens with one attached hydrogen (secondary N) is 1. The van der Waals surface area contributed by atoms with Gasteiger partial charge in [-0.05, 0) is 54.8 Å². The van der Waals surface area contributed by atoms with Crippen LogP contribution in [0.1, 0.15) is 18.4 Å². The van der Waals surface area contributed by atoms with Crippen molar-refractivity contribution in [3.05, 3.63) is 58.6 Å². The van der Waals surface area contributed by atoms with Crippen LogP contribution in [0.25, 0.3) is 0 Å². The lowest BCUT2D eigenvalue weighted by molar-refractivity contribution is 0.406. The van der Waals surface area contributed by atoms with Crippen LogP contribution < -0.4 is 10.1 Å². The second-order valence-corrected chi connectivity index (χ2v) is 5.54. The SMILES string of the molecule is Fc1cc(CNC2CC2)cc(F)c1Oc1ccc(Cl)cc1. The van der Waals surface area contributed by atoms with Crippen molar-refractivity contribution in [2.45, 2.75) is 25.4 Å². The molecule has 1 aliphatic carbocycles. The number of ether oxygens (including phenoxy) is 1. The zero-order chi connectivity index (χ0) is 14.8. The topological polar surface area (TPSA) is 21.3 Å². The van der Waals surface area contributed by atoms with E-state index in [0.717, 1.165) is 12.8 Å². The molecule has 0 atom stereocenters. The number of rotatable bonds is 5. The van der Waals surface area contributed by atoms with E-state index in [1.807, 2.05) is 0 Å². The van der Waals surface area contributed by atoms with Crippen LogP contribution in [0.5, 0.6) is 11.5 Å². The highest BCUT2D eigenvalue weighted by Crippen LogP contribution is 2.29. The maximum Gasteiger partial charge on any atom is 0.198 e. The molecule has 2 aromatic carbocycles. The first-order valence-electron chi connectivity index (χ1n) is 6.76. The molecule has 0 saturated heterocycles. The summed E-state index contributed by atoms with van der Waals surface area (Å²) in [5.74, 6) is -1.48.